The number of unbranched alkanes of at least 4 members (excludes halogenated alkanes) is 4. The van der Waals surface area contributed by atoms with E-state index in [0.717, 1.165) is 31.8 Å². The van der Waals surface area contributed by atoms with Crippen LogP contribution in [0.1, 0.15) is 37.7 Å². The highest BCUT2D eigenvalue weighted by molar-refractivity contribution is 5.70. The van der Waals surface area contributed by atoms with Gasteiger partial charge in [0.05, 0.1) is 12.1 Å². The van der Waals surface area contributed by atoms with E-state index in [1.54, 1.807) is 6.07 Å². The first-order chi connectivity index (χ1) is 13.0. The normalized spacial score (nSPS) is 18.5. The first-order valence-corrected chi connectivity index (χ1v) is 9.07. The maximum Gasteiger partial charge on any atom is 0.410 e. The van der Waals surface area contributed by atoms with E-state index >= 15 is 0 Å². The molecule has 1 aromatic carbocycles. The molecule has 1 saturated heterocycles. The molecule has 1 aliphatic heterocycles. The molecule has 1 aliphatic rings. The molecule has 0 aromatic heterocycles. The highest BCUT2D eigenvalue weighted by Crippen LogP contribution is 2.32. The van der Waals surface area contributed by atoms with Crippen molar-refractivity contribution in [1.29, 1.82) is 5.26 Å². The Morgan fingerprint density at radius 1 is 1.30 bits per heavy atom. The monoisotopic (exact) mass is 378 g/mol. The van der Waals surface area contributed by atoms with Gasteiger partial charge in [-0.15, -0.1) is 0 Å². The Kier molecular flexibility index (Phi) is 7.74. The summed E-state index contributed by atoms with van der Waals surface area (Å²) in [6.07, 6.45) is 3.81. The number of hydrogen-bond acceptors (Lipinski definition) is 4. The van der Waals surface area contributed by atoms with Gasteiger partial charge in [-0.3, -0.25) is 4.90 Å². The Morgan fingerprint density at radius 3 is 2.70 bits per heavy atom. The van der Waals surface area contributed by atoms with Crippen molar-refractivity contribution in [3.8, 4) is 6.07 Å². The molecule has 7 heteroatoms. The number of amides is 1. The quantitative estimate of drug-likeness (QED) is 0.493. The van der Waals surface area contributed by atoms with Crippen molar-refractivity contribution < 1.29 is 23.4 Å². The summed E-state index contributed by atoms with van der Waals surface area (Å²) in [6, 6.07) is 8.74. The van der Waals surface area contributed by atoms with E-state index in [1.807, 2.05) is 0 Å². The molecule has 1 heterocycles. The highest BCUT2D eigenvalue weighted by atomic mass is 19.3. The second-order valence-corrected chi connectivity index (χ2v) is 6.48. The number of hydrogen-bond donors (Lipinski definition) is 1. The zero-order valence-electron chi connectivity index (χ0n) is 15.1. The van der Waals surface area contributed by atoms with Crippen LogP contribution in [-0.4, -0.2) is 41.4 Å². The average molecular weight is 378 g/mol. The number of carbonyl (C=O) groups is 1. The molecular weight excluding hydrogens is 354 g/mol. The molecule has 2 rings (SSSR count). The van der Waals surface area contributed by atoms with Crippen molar-refractivity contribution in [2.24, 2.45) is 0 Å². The molecule has 0 bridgehead atoms. The van der Waals surface area contributed by atoms with E-state index in [2.05, 4.69) is 6.07 Å². The molecule has 0 aliphatic carbocycles. The molecule has 0 spiro atoms. The topological polar surface area (TPSA) is 73.6 Å². The summed E-state index contributed by atoms with van der Waals surface area (Å²) in [6.45, 7) is 0.527. The van der Waals surface area contributed by atoms with E-state index in [1.165, 1.54) is 35.2 Å². The number of nitriles is 1. The number of rotatable bonds is 10. The zero-order valence-corrected chi connectivity index (χ0v) is 15.1. The van der Waals surface area contributed by atoms with Crippen molar-refractivity contribution in [1.82, 2.24) is 4.90 Å². The predicted octanol–water partition coefficient (Wildman–Crippen LogP) is 3.99. The predicted molar refractivity (Wildman–Crippen MR) is 96.0 cm³/mol. The second kappa shape index (κ2) is 10.0. The molecule has 27 heavy (non-hydrogen) atoms. The van der Waals surface area contributed by atoms with Crippen LogP contribution in [0.5, 0.6) is 0 Å². The molecule has 0 radical (unpaired) electrons. The van der Waals surface area contributed by atoms with Crippen LogP contribution in [-0.2, 0) is 10.7 Å². The van der Waals surface area contributed by atoms with Gasteiger partial charge in [0.2, 0.25) is 0 Å². The molecule has 1 N–H and O–H groups in total. The smallest absolute Gasteiger partial charge is 0.410 e. The molecule has 1 amide bonds. The number of carbonyl (C=O) groups excluding carboxylic acids is 1. The Balaban J connectivity index is 1.90. The molecule has 5 nitrogen and oxygen atoms in total. The lowest BCUT2D eigenvalue weighted by Crippen LogP contribution is -2.34. The van der Waals surface area contributed by atoms with E-state index in [9.17, 15) is 18.7 Å². The lowest BCUT2D eigenvalue weighted by molar-refractivity contribution is -0.0929. The van der Waals surface area contributed by atoms with Gasteiger partial charge in [-0.1, -0.05) is 55.3 Å². The van der Waals surface area contributed by atoms with Gasteiger partial charge in [0, 0.05) is 18.5 Å². The number of aliphatic hydroxyl groups excluding tert-OH is 1. The Labute approximate surface area is 157 Å². The minimum atomic E-state index is -3.42. The summed E-state index contributed by atoms with van der Waals surface area (Å²) in [5, 5.41) is 18.4. The largest absolute Gasteiger partial charge is 0.447 e. The van der Waals surface area contributed by atoms with Gasteiger partial charge in [-0.05, 0) is 12.8 Å². The number of nitrogens with zero attached hydrogens (tertiary/aromatic N) is 2. The molecule has 1 aromatic rings. The summed E-state index contributed by atoms with van der Waals surface area (Å²) in [4.78, 5) is 13.3. The Hall–Kier alpha value is -2.46. The van der Waals surface area contributed by atoms with E-state index < -0.39 is 24.2 Å². The van der Waals surface area contributed by atoms with Crippen LogP contribution in [0, 0.1) is 11.3 Å². The average Bonchev–Trinajstić information content (AvgIpc) is 3.03. The van der Waals surface area contributed by atoms with Crippen molar-refractivity contribution in [3.05, 3.63) is 48.0 Å². The van der Waals surface area contributed by atoms with E-state index in [0.29, 0.717) is 13.0 Å². The molecule has 146 valence electrons. The number of ether oxygens (including phenoxy) is 1. The number of halogens is 2. The molecule has 2 atom stereocenters. The van der Waals surface area contributed by atoms with Gasteiger partial charge in [-0.25, -0.2) is 4.79 Å². The number of aliphatic hydroxyl groups is 1. The highest BCUT2D eigenvalue weighted by Gasteiger charge is 2.39. The summed E-state index contributed by atoms with van der Waals surface area (Å²) >= 11 is 0. The van der Waals surface area contributed by atoms with Gasteiger partial charge in [0.15, 0.2) is 0 Å². The minimum Gasteiger partial charge on any atom is -0.447 e. The van der Waals surface area contributed by atoms with Crippen molar-refractivity contribution in [2.45, 2.75) is 50.2 Å². The minimum absolute atomic E-state index is 0.0768. The van der Waals surface area contributed by atoms with E-state index in [4.69, 9.17) is 10.00 Å². The van der Waals surface area contributed by atoms with Crippen LogP contribution >= 0.6 is 0 Å². The first kappa shape index (κ1) is 20.8. The molecule has 0 unspecified atom stereocenters. The SMILES string of the molecule is N#CCCCCCCN1C(=O)OC[C@@H]1/C=C/[C@@H](O)C(F)(F)c1ccccc1. The van der Waals surface area contributed by atoms with Gasteiger partial charge >= 0.3 is 12.0 Å². The number of cyclic esters (lactones) is 1. The van der Waals surface area contributed by atoms with Gasteiger partial charge < -0.3 is 9.84 Å². The van der Waals surface area contributed by atoms with Gasteiger partial charge in [-0.2, -0.15) is 14.0 Å². The van der Waals surface area contributed by atoms with Gasteiger partial charge in [0.25, 0.3) is 0 Å². The number of alkyl halides is 2. The summed E-state index contributed by atoms with van der Waals surface area (Å²) < 4.78 is 33.6. The van der Waals surface area contributed by atoms with E-state index in [-0.39, 0.29) is 12.2 Å². The third-order valence-corrected chi connectivity index (χ3v) is 4.50. The summed E-state index contributed by atoms with van der Waals surface area (Å²) in [7, 11) is 0. The van der Waals surface area contributed by atoms with Crippen LogP contribution < -0.4 is 0 Å². The molecular formula is C20H24F2N2O3. The van der Waals surface area contributed by atoms with Crippen LogP contribution in [0.2, 0.25) is 0 Å². The van der Waals surface area contributed by atoms with Crippen LogP contribution in [0.3, 0.4) is 0 Å². The standard InChI is InChI=1S/C20H24F2N2O3/c21-20(22,16-9-5-4-6-10-16)18(25)12-11-17-15-27-19(26)24(17)14-8-3-1-2-7-13-23/h4-6,9-12,17-18,25H,1-3,7-8,14-15H2/b12-11+/t17-,18+/m0/s1. The lowest BCUT2D eigenvalue weighted by Gasteiger charge is -2.22. The third-order valence-electron chi connectivity index (χ3n) is 4.50. The lowest BCUT2D eigenvalue weighted by atomic mass is 10.0. The fourth-order valence-electron chi connectivity index (χ4n) is 2.91. The van der Waals surface area contributed by atoms with Gasteiger partial charge in [0.1, 0.15) is 12.7 Å². The van der Waals surface area contributed by atoms with Crippen LogP contribution in [0.4, 0.5) is 13.6 Å². The second-order valence-electron chi connectivity index (χ2n) is 6.48. The summed E-state index contributed by atoms with van der Waals surface area (Å²) in [5.41, 5.74) is -0.268. The molecule has 0 saturated carbocycles. The van der Waals surface area contributed by atoms with Crippen LogP contribution in [0.15, 0.2) is 42.5 Å². The fraction of sp³-hybridized carbons (Fsp3) is 0.500. The molecule has 1 fully saturated rings. The third kappa shape index (κ3) is 5.76. The fourth-order valence-corrected chi connectivity index (χ4v) is 2.91. The summed E-state index contributed by atoms with van der Waals surface area (Å²) in [5.74, 6) is -3.42. The maximum absolute atomic E-state index is 14.3. The van der Waals surface area contributed by atoms with Crippen molar-refractivity contribution >= 4 is 6.09 Å². The van der Waals surface area contributed by atoms with Crippen LogP contribution in [0.25, 0.3) is 0 Å². The Morgan fingerprint density at radius 2 is 2.00 bits per heavy atom. The van der Waals surface area contributed by atoms with Crippen molar-refractivity contribution in [2.75, 3.05) is 13.2 Å². The number of benzene rings is 1. The maximum atomic E-state index is 14.3. The first-order valence-electron chi connectivity index (χ1n) is 9.07. The Bertz CT molecular complexity index is 674. The van der Waals surface area contributed by atoms with Crippen molar-refractivity contribution in [3.63, 3.8) is 0 Å². The zero-order chi connectivity index (χ0) is 19.7.